The van der Waals surface area contributed by atoms with Crippen LogP contribution in [-0.4, -0.2) is 46.4 Å². The normalized spacial score (nSPS) is 12.8. The van der Waals surface area contributed by atoms with Gasteiger partial charge < -0.3 is 5.11 Å². The maximum absolute atomic E-state index is 11.8. The highest BCUT2D eigenvalue weighted by atomic mass is 32.2. The highest BCUT2D eigenvalue weighted by Gasteiger charge is 2.24. The van der Waals surface area contributed by atoms with Gasteiger partial charge in [-0.05, 0) is 5.56 Å². The summed E-state index contributed by atoms with van der Waals surface area (Å²) in [5.41, 5.74) is -1.06. The summed E-state index contributed by atoms with van der Waals surface area (Å²) in [6, 6.07) is 3.68. The molecule has 0 amide bonds. The Balaban J connectivity index is 3.03. The largest absolute Gasteiger partial charge is 0.477 e. The number of sulfone groups is 1. The summed E-state index contributed by atoms with van der Waals surface area (Å²) >= 11 is 0. The monoisotopic (exact) mass is 335 g/mol. The molecule has 1 atom stereocenters. The lowest BCUT2D eigenvalue weighted by Crippen LogP contribution is -2.14. The van der Waals surface area contributed by atoms with Gasteiger partial charge in [0.2, 0.25) is 0 Å². The molecule has 0 aliphatic heterocycles. The van der Waals surface area contributed by atoms with Gasteiger partial charge in [-0.1, -0.05) is 12.1 Å². The topological polar surface area (TPSA) is 132 Å². The van der Waals surface area contributed by atoms with Crippen molar-refractivity contribution in [3.63, 3.8) is 0 Å². The van der Waals surface area contributed by atoms with Crippen molar-refractivity contribution in [3.05, 3.63) is 39.4 Å². The second-order valence-electron chi connectivity index (χ2n) is 4.29. The first kappa shape index (κ1) is 17.2. The number of hydrogen-bond donors (Lipinski definition) is 1. The van der Waals surface area contributed by atoms with Crippen molar-refractivity contribution < 1.29 is 27.5 Å². The minimum atomic E-state index is -3.28. The van der Waals surface area contributed by atoms with Gasteiger partial charge in [0.1, 0.15) is 15.4 Å². The zero-order valence-corrected chi connectivity index (χ0v) is 12.6. The lowest BCUT2D eigenvalue weighted by molar-refractivity contribution is -0.385. The predicted molar refractivity (Wildman–Crippen MR) is 76.5 cm³/mol. The average molecular weight is 335 g/mol. The van der Waals surface area contributed by atoms with Crippen LogP contribution in [0.1, 0.15) is 15.9 Å². The van der Waals surface area contributed by atoms with Crippen LogP contribution in [0.2, 0.25) is 0 Å². The highest BCUT2D eigenvalue weighted by Crippen LogP contribution is 2.23. The second kappa shape index (κ2) is 6.76. The molecule has 1 aromatic carbocycles. The molecule has 116 valence electrons. The summed E-state index contributed by atoms with van der Waals surface area (Å²) in [6.07, 6.45) is 1.00. The number of nitro benzene ring substituents is 1. The van der Waals surface area contributed by atoms with E-state index in [9.17, 15) is 27.5 Å². The van der Waals surface area contributed by atoms with Crippen molar-refractivity contribution in [2.75, 3.05) is 17.8 Å². The number of nitro groups is 1. The molecule has 21 heavy (non-hydrogen) atoms. The number of carbonyl (C=O) groups is 1. The van der Waals surface area contributed by atoms with Gasteiger partial charge in [-0.3, -0.25) is 14.3 Å². The minimum Gasteiger partial charge on any atom is -0.477 e. The number of carboxylic acid groups (broad SMARTS) is 1. The molecule has 0 aliphatic carbocycles. The number of nitrogens with zero attached hydrogens (tertiary/aromatic N) is 1. The van der Waals surface area contributed by atoms with Crippen LogP contribution in [0.5, 0.6) is 0 Å². The zero-order valence-electron chi connectivity index (χ0n) is 11.0. The van der Waals surface area contributed by atoms with Gasteiger partial charge in [-0.25, -0.2) is 13.2 Å². The fourth-order valence-electron chi connectivity index (χ4n) is 1.60. The molecule has 0 fully saturated rings. The number of rotatable bonds is 7. The Morgan fingerprint density at radius 1 is 1.43 bits per heavy atom. The highest BCUT2D eigenvalue weighted by molar-refractivity contribution is 7.92. The number of hydrogen-bond acceptors (Lipinski definition) is 6. The summed E-state index contributed by atoms with van der Waals surface area (Å²) in [4.78, 5) is 21.1. The van der Waals surface area contributed by atoms with Crippen molar-refractivity contribution >= 4 is 32.3 Å². The molecule has 0 spiro atoms. The third-order valence-corrected chi connectivity index (χ3v) is 5.03. The van der Waals surface area contributed by atoms with Crippen LogP contribution >= 0.6 is 0 Å². The molecule has 1 N–H and O–H groups in total. The Bertz CT molecular complexity index is 697. The molecule has 8 nitrogen and oxygen atoms in total. The molecule has 0 aromatic heterocycles. The summed E-state index contributed by atoms with van der Waals surface area (Å²) in [6.45, 7) is 0. The van der Waals surface area contributed by atoms with Gasteiger partial charge in [0.15, 0.2) is 0 Å². The SMILES string of the molecule is CS(=O)(=O)CCS(=O)Cc1cccc([N+](=O)[O-])c1C(=O)O. The van der Waals surface area contributed by atoms with Crippen molar-refractivity contribution in [3.8, 4) is 0 Å². The summed E-state index contributed by atoms with van der Waals surface area (Å²) < 4.78 is 33.8. The molecule has 10 heteroatoms. The Morgan fingerprint density at radius 2 is 2.05 bits per heavy atom. The first-order valence-electron chi connectivity index (χ1n) is 5.64. The van der Waals surface area contributed by atoms with E-state index in [1.54, 1.807) is 0 Å². The number of aromatic carboxylic acids is 1. The molecule has 1 unspecified atom stereocenters. The van der Waals surface area contributed by atoms with E-state index < -0.39 is 42.8 Å². The molecule has 0 aliphatic rings. The lowest BCUT2D eigenvalue weighted by atomic mass is 10.1. The van der Waals surface area contributed by atoms with Gasteiger partial charge in [-0.2, -0.15) is 0 Å². The van der Waals surface area contributed by atoms with Crippen LogP contribution < -0.4 is 0 Å². The van der Waals surface area contributed by atoms with Crippen molar-refractivity contribution in [2.45, 2.75) is 5.75 Å². The van der Waals surface area contributed by atoms with Gasteiger partial charge in [-0.15, -0.1) is 0 Å². The molecule has 1 rings (SSSR count). The Hall–Kier alpha value is -1.81. The smallest absolute Gasteiger partial charge is 0.343 e. The van der Waals surface area contributed by atoms with Gasteiger partial charge in [0, 0.05) is 34.6 Å². The van der Waals surface area contributed by atoms with E-state index >= 15 is 0 Å². The van der Waals surface area contributed by atoms with Crippen LogP contribution in [0.15, 0.2) is 18.2 Å². The van der Waals surface area contributed by atoms with Crippen LogP contribution in [0, 0.1) is 10.1 Å². The van der Waals surface area contributed by atoms with Crippen LogP contribution in [-0.2, 0) is 26.4 Å². The van der Waals surface area contributed by atoms with Crippen LogP contribution in [0.3, 0.4) is 0 Å². The minimum absolute atomic E-state index is 0.0449. The van der Waals surface area contributed by atoms with E-state index in [4.69, 9.17) is 5.11 Å². The van der Waals surface area contributed by atoms with E-state index in [2.05, 4.69) is 0 Å². The van der Waals surface area contributed by atoms with E-state index in [1.807, 2.05) is 0 Å². The third-order valence-electron chi connectivity index (χ3n) is 2.54. The molecule has 0 radical (unpaired) electrons. The zero-order chi connectivity index (χ0) is 16.2. The first-order valence-corrected chi connectivity index (χ1v) is 9.19. The lowest BCUT2D eigenvalue weighted by Gasteiger charge is -2.06. The first-order chi connectivity index (χ1) is 9.61. The average Bonchev–Trinajstić information content (AvgIpc) is 2.35. The molecule has 1 aromatic rings. The summed E-state index contributed by atoms with van der Waals surface area (Å²) in [5, 5.41) is 19.9. The Morgan fingerprint density at radius 3 is 2.52 bits per heavy atom. The van der Waals surface area contributed by atoms with Gasteiger partial charge in [0.25, 0.3) is 5.69 Å². The quantitative estimate of drug-likeness (QED) is 0.569. The maximum Gasteiger partial charge on any atom is 0.343 e. The molecular weight excluding hydrogens is 322 g/mol. The fourth-order valence-corrected chi connectivity index (χ4v) is 4.28. The molecule has 0 saturated carbocycles. The molecule has 0 saturated heterocycles. The second-order valence-corrected chi connectivity index (χ2v) is 8.13. The van der Waals surface area contributed by atoms with Crippen LogP contribution in [0.25, 0.3) is 0 Å². The Labute approximate surface area is 123 Å². The molecular formula is C11H13NO7S2. The predicted octanol–water partition coefficient (Wildman–Crippen LogP) is 0.586. The van der Waals surface area contributed by atoms with Crippen molar-refractivity contribution in [1.29, 1.82) is 0 Å². The van der Waals surface area contributed by atoms with E-state index in [1.165, 1.54) is 12.1 Å². The number of carboxylic acids is 1. The van der Waals surface area contributed by atoms with Crippen LogP contribution in [0.4, 0.5) is 5.69 Å². The maximum atomic E-state index is 11.8. The number of benzene rings is 1. The van der Waals surface area contributed by atoms with Gasteiger partial charge in [0.05, 0.1) is 10.7 Å². The van der Waals surface area contributed by atoms with E-state index in [0.717, 1.165) is 12.3 Å². The van der Waals surface area contributed by atoms with Crippen molar-refractivity contribution in [2.24, 2.45) is 0 Å². The van der Waals surface area contributed by atoms with Gasteiger partial charge >= 0.3 is 5.97 Å². The Kier molecular flexibility index (Phi) is 5.55. The molecule has 0 heterocycles. The van der Waals surface area contributed by atoms with E-state index in [-0.39, 0.29) is 22.8 Å². The fraction of sp³-hybridized carbons (Fsp3) is 0.364. The standard InChI is InChI=1S/C11H13NO7S2/c1-21(18,19)6-5-20(17)7-8-3-2-4-9(12(15)16)10(8)11(13)14/h2-4H,5-7H2,1H3,(H,13,14). The van der Waals surface area contributed by atoms with Crippen molar-refractivity contribution in [1.82, 2.24) is 0 Å². The third kappa shape index (κ3) is 5.23. The summed E-state index contributed by atoms with van der Waals surface area (Å²) in [7, 11) is -4.91. The van der Waals surface area contributed by atoms with E-state index in [0.29, 0.717) is 0 Å². The molecule has 0 bridgehead atoms. The summed E-state index contributed by atoms with van der Waals surface area (Å²) in [5.74, 6) is -2.19.